The molecule has 30 heavy (non-hydrogen) atoms. The predicted octanol–water partition coefficient (Wildman–Crippen LogP) is 1.68. The fourth-order valence-corrected chi connectivity index (χ4v) is 5.51. The molecule has 0 spiro atoms. The topological polar surface area (TPSA) is 77.6 Å². The van der Waals surface area contributed by atoms with E-state index in [-0.39, 0.29) is 29.9 Å². The van der Waals surface area contributed by atoms with Crippen LogP contribution in [0.5, 0.6) is 0 Å². The van der Waals surface area contributed by atoms with E-state index in [0.29, 0.717) is 25.6 Å². The highest BCUT2D eigenvalue weighted by Crippen LogP contribution is 2.33. The standard InChI is InChI=1S/C23H35N5O2/c1-27-19(9-10-21(29)25-15-17-6-5-12-24-14-17)16-26-23(30)22-20(27)11-13-28(22)18-7-3-2-4-8-18/h5-6,12,14,18-20,22H,2-4,7-11,13,15-16H2,1H3,(H,25,29)(H,26,30)/t19-,20+,22-/m0/s1. The van der Waals surface area contributed by atoms with Crippen LogP contribution in [0.1, 0.15) is 56.9 Å². The third-order valence-electron chi connectivity index (χ3n) is 7.25. The molecule has 7 heteroatoms. The van der Waals surface area contributed by atoms with Gasteiger partial charge in [-0.3, -0.25) is 24.4 Å². The van der Waals surface area contributed by atoms with E-state index in [1.54, 1.807) is 12.4 Å². The molecule has 2 saturated heterocycles. The number of carbonyl (C=O) groups is 2. The van der Waals surface area contributed by atoms with Gasteiger partial charge < -0.3 is 10.6 Å². The van der Waals surface area contributed by atoms with Crippen molar-refractivity contribution >= 4 is 11.8 Å². The molecule has 2 amide bonds. The average Bonchev–Trinajstić information content (AvgIpc) is 3.19. The van der Waals surface area contributed by atoms with Crippen molar-refractivity contribution in [2.45, 2.75) is 82.1 Å². The van der Waals surface area contributed by atoms with Crippen LogP contribution in [0.25, 0.3) is 0 Å². The van der Waals surface area contributed by atoms with Crippen molar-refractivity contribution in [3.63, 3.8) is 0 Å². The normalized spacial score (nSPS) is 28.6. The van der Waals surface area contributed by atoms with Crippen LogP contribution in [0.4, 0.5) is 0 Å². The largest absolute Gasteiger partial charge is 0.353 e. The van der Waals surface area contributed by atoms with Crippen LogP contribution in [-0.4, -0.2) is 70.9 Å². The van der Waals surface area contributed by atoms with Crippen molar-refractivity contribution in [2.24, 2.45) is 0 Å². The molecule has 0 bridgehead atoms. The zero-order chi connectivity index (χ0) is 20.9. The Morgan fingerprint density at radius 3 is 2.87 bits per heavy atom. The van der Waals surface area contributed by atoms with Gasteiger partial charge in [-0.15, -0.1) is 0 Å². The molecule has 3 atom stereocenters. The monoisotopic (exact) mass is 413 g/mol. The van der Waals surface area contributed by atoms with Crippen LogP contribution in [0, 0.1) is 0 Å². The molecule has 2 aliphatic heterocycles. The van der Waals surface area contributed by atoms with E-state index in [0.717, 1.165) is 24.9 Å². The summed E-state index contributed by atoms with van der Waals surface area (Å²) in [6.07, 6.45) is 12.1. The summed E-state index contributed by atoms with van der Waals surface area (Å²) in [6.45, 7) is 2.14. The van der Waals surface area contributed by atoms with Crippen molar-refractivity contribution in [1.82, 2.24) is 25.4 Å². The summed E-state index contributed by atoms with van der Waals surface area (Å²) < 4.78 is 0. The number of likely N-dealkylation sites (tertiary alicyclic amines) is 1. The van der Waals surface area contributed by atoms with E-state index in [1.165, 1.54) is 32.1 Å². The number of hydrogen-bond acceptors (Lipinski definition) is 5. The number of amides is 2. The SMILES string of the molecule is CN1[C@@H](CCC(=O)NCc2cccnc2)CNC(=O)[C@@H]2[C@H]1CCN2C1CCCCC1. The van der Waals surface area contributed by atoms with Crippen LogP contribution in [0.15, 0.2) is 24.5 Å². The fraction of sp³-hybridized carbons (Fsp3) is 0.696. The lowest BCUT2D eigenvalue weighted by Gasteiger charge is -2.37. The molecule has 0 unspecified atom stereocenters. The second kappa shape index (κ2) is 9.88. The number of hydrogen-bond donors (Lipinski definition) is 2. The van der Waals surface area contributed by atoms with Crippen LogP contribution in [0.2, 0.25) is 0 Å². The molecule has 4 rings (SSSR count). The minimum atomic E-state index is -0.0393. The Morgan fingerprint density at radius 2 is 2.10 bits per heavy atom. The molecule has 3 fully saturated rings. The zero-order valence-electron chi connectivity index (χ0n) is 18.1. The van der Waals surface area contributed by atoms with Gasteiger partial charge in [0, 0.05) is 56.6 Å². The molecule has 1 aromatic heterocycles. The predicted molar refractivity (Wildman–Crippen MR) is 116 cm³/mol. The molecule has 1 saturated carbocycles. The first-order chi connectivity index (χ1) is 14.6. The maximum Gasteiger partial charge on any atom is 0.239 e. The third-order valence-corrected chi connectivity index (χ3v) is 7.25. The second-order valence-electron chi connectivity index (χ2n) is 9.07. The molecule has 3 aliphatic rings. The molecule has 2 N–H and O–H groups in total. The van der Waals surface area contributed by atoms with E-state index in [2.05, 4.69) is 32.5 Å². The van der Waals surface area contributed by atoms with Gasteiger partial charge in [-0.2, -0.15) is 0 Å². The van der Waals surface area contributed by atoms with Gasteiger partial charge in [0.1, 0.15) is 6.04 Å². The molecule has 164 valence electrons. The highest BCUT2D eigenvalue weighted by Gasteiger charge is 2.47. The Labute approximate surface area is 179 Å². The summed E-state index contributed by atoms with van der Waals surface area (Å²) in [7, 11) is 2.14. The molecule has 0 radical (unpaired) electrons. The molecule has 1 aliphatic carbocycles. The summed E-state index contributed by atoms with van der Waals surface area (Å²) in [5.41, 5.74) is 1.00. The first-order valence-corrected chi connectivity index (χ1v) is 11.5. The van der Waals surface area contributed by atoms with Crippen molar-refractivity contribution in [3.8, 4) is 0 Å². The highest BCUT2D eigenvalue weighted by molar-refractivity contribution is 5.83. The van der Waals surface area contributed by atoms with Crippen LogP contribution in [0.3, 0.4) is 0 Å². The van der Waals surface area contributed by atoms with E-state index in [1.807, 2.05) is 12.1 Å². The summed E-state index contributed by atoms with van der Waals surface area (Å²) in [5.74, 6) is 0.230. The van der Waals surface area contributed by atoms with Gasteiger partial charge in [-0.1, -0.05) is 25.3 Å². The van der Waals surface area contributed by atoms with Crippen LogP contribution < -0.4 is 10.6 Å². The Kier molecular flexibility index (Phi) is 7.00. The zero-order valence-corrected chi connectivity index (χ0v) is 18.1. The third kappa shape index (κ3) is 4.83. The van der Waals surface area contributed by atoms with Gasteiger partial charge in [0.25, 0.3) is 0 Å². The van der Waals surface area contributed by atoms with Crippen molar-refractivity contribution in [1.29, 1.82) is 0 Å². The van der Waals surface area contributed by atoms with Gasteiger partial charge in [0.05, 0.1) is 0 Å². The number of likely N-dealkylation sites (N-methyl/N-ethyl adjacent to an activating group) is 1. The lowest BCUT2D eigenvalue weighted by molar-refractivity contribution is -0.127. The maximum absolute atomic E-state index is 13.0. The Hall–Kier alpha value is -1.99. The summed E-state index contributed by atoms with van der Waals surface area (Å²) in [4.78, 5) is 34.3. The second-order valence-corrected chi connectivity index (χ2v) is 9.07. The van der Waals surface area contributed by atoms with Crippen LogP contribution >= 0.6 is 0 Å². The lowest BCUT2D eigenvalue weighted by atomic mass is 9.93. The number of fused-ring (bicyclic) bond motifs is 1. The number of pyridine rings is 1. The maximum atomic E-state index is 13.0. The smallest absolute Gasteiger partial charge is 0.239 e. The van der Waals surface area contributed by atoms with Gasteiger partial charge in [-0.05, 0) is 44.4 Å². The number of aromatic nitrogens is 1. The quantitative estimate of drug-likeness (QED) is 0.742. The summed E-state index contributed by atoms with van der Waals surface area (Å²) >= 11 is 0. The number of rotatable bonds is 6. The summed E-state index contributed by atoms with van der Waals surface area (Å²) in [6, 6.07) is 4.79. The summed E-state index contributed by atoms with van der Waals surface area (Å²) in [5, 5.41) is 6.17. The highest BCUT2D eigenvalue weighted by atomic mass is 16.2. The Bertz CT molecular complexity index is 722. The number of nitrogens with zero attached hydrogens (tertiary/aromatic N) is 3. The molecule has 1 aromatic rings. The van der Waals surface area contributed by atoms with Crippen molar-refractivity contribution in [2.75, 3.05) is 20.1 Å². The lowest BCUT2D eigenvalue weighted by Crippen LogP contribution is -2.53. The molecular weight excluding hydrogens is 378 g/mol. The number of carbonyl (C=O) groups excluding carboxylic acids is 2. The van der Waals surface area contributed by atoms with E-state index >= 15 is 0 Å². The number of nitrogens with one attached hydrogen (secondary N) is 2. The van der Waals surface area contributed by atoms with E-state index in [4.69, 9.17) is 0 Å². The molecule has 3 heterocycles. The minimum absolute atomic E-state index is 0.0393. The molecule has 0 aromatic carbocycles. The first kappa shape index (κ1) is 21.2. The van der Waals surface area contributed by atoms with Gasteiger partial charge >= 0.3 is 0 Å². The Balaban J connectivity index is 1.31. The first-order valence-electron chi connectivity index (χ1n) is 11.5. The van der Waals surface area contributed by atoms with Crippen LogP contribution in [-0.2, 0) is 16.1 Å². The van der Waals surface area contributed by atoms with Gasteiger partial charge in [0.15, 0.2) is 0 Å². The van der Waals surface area contributed by atoms with Crippen molar-refractivity contribution < 1.29 is 9.59 Å². The van der Waals surface area contributed by atoms with Crippen molar-refractivity contribution in [3.05, 3.63) is 30.1 Å². The van der Waals surface area contributed by atoms with Gasteiger partial charge in [-0.25, -0.2) is 0 Å². The molecule has 7 nitrogen and oxygen atoms in total. The Morgan fingerprint density at radius 1 is 1.27 bits per heavy atom. The average molecular weight is 414 g/mol. The van der Waals surface area contributed by atoms with E-state index < -0.39 is 0 Å². The van der Waals surface area contributed by atoms with Gasteiger partial charge in [0.2, 0.25) is 11.8 Å². The fourth-order valence-electron chi connectivity index (χ4n) is 5.51. The van der Waals surface area contributed by atoms with E-state index in [9.17, 15) is 9.59 Å². The minimum Gasteiger partial charge on any atom is -0.353 e. The molecular formula is C23H35N5O2.